The van der Waals surface area contributed by atoms with Gasteiger partial charge in [-0.05, 0) is 44.8 Å². The zero-order valence-electron chi connectivity index (χ0n) is 17.8. The lowest BCUT2D eigenvalue weighted by atomic mass is 10.1. The van der Waals surface area contributed by atoms with Crippen molar-refractivity contribution in [1.29, 1.82) is 0 Å². The van der Waals surface area contributed by atoms with Crippen LogP contribution in [0.4, 0.5) is 15.9 Å². The largest absolute Gasteiger partial charge is 0.458 e. The molecule has 1 aromatic carbocycles. The minimum atomic E-state index is -0.713. The van der Waals surface area contributed by atoms with Gasteiger partial charge in [0.15, 0.2) is 5.58 Å². The van der Waals surface area contributed by atoms with Crippen LogP contribution in [0.2, 0.25) is 0 Å². The highest BCUT2D eigenvalue weighted by atomic mass is 19.1. The van der Waals surface area contributed by atoms with Crippen LogP contribution in [0, 0.1) is 12.7 Å². The van der Waals surface area contributed by atoms with E-state index < -0.39 is 17.3 Å². The molecule has 166 valence electrons. The summed E-state index contributed by atoms with van der Waals surface area (Å²) in [6.07, 6.45) is 0. The molecule has 0 saturated carbocycles. The standard InChI is InChI=1S/C21H25FN4O5/c1-12-5-6-16(15(22)9-12)23-19-17(20(28)24-30-8-7-27)18-14(21(29)26(19)4)10-13(31-18)11-25(2)3/h5-6,9-10,23,27H,7-8,11H2,1-4H3,(H,24,28). The summed E-state index contributed by atoms with van der Waals surface area (Å²) in [5, 5.41) is 11.9. The van der Waals surface area contributed by atoms with Crippen LogP contribution in [0.15, 0.2) is 33.5 Å². The highest BCUT2D eigenvalue weighted by Gasteiger charge is 2.25. The van der Waals surface area contributed by atoms with Crippen LogP contribution in [0.5, 0.6) is 0 Å². The molecule has 0 aliphatic heterocycles. The number of nitrogens with one attached hydrogen (secondary N) is 2. The van der Waals surface area contributed by atoms with Crippen LogP contribution in [-0.4, -0.2) is 47.8 Å². The number of hydrogen-bond donors (Lipinski definition) is 3. The van der Waals surface area contributed by atoms with Crippen LogP contribution >= 0.6 is 0 Å². The van der Waals surface area contributed by atoms with E-state index in [-0.39, 0.29) is 41.3 Å². The van der Waals surface area contributed by atoms with Crippen molar-refractivity contribution >= 4 is 28.4 Å². The second-order valence-electron chi connectivity index (χ2n) is 7.39. The van der Waals surface area contributed by atoms with Gasteiger partial charge in [-0.1, -0.05) is 6.07 Å². The van der Waals surface area contributed by atoms with E-state index in [2.05, 4.69) is 10.8 Å². The molecule has 1 amide bonds. The minimum Gasteiger partial charge on any atom is -0.458 e. The minimum absolute atomic E-state index is 0.0278. The van der Waals surface area contributed by atoms with Crippen LogP contribution in [0.1, 0.15) is 21.7 Å². The molecular formula is C21H25FN4O5. The number of aliphatic hydroxyl groups excluding tert-OH is 1. The molecule has 0 aliphatic carbocycles. The fourth-order valence-corrected chi connectivity index (χ4v) is 3.15. The summed E-state index contributed by atoms with van der Waals surface area (Å²) < 4.78 is 21.5. The Balaban J connectivity index is 2.20. The molecule has 9 nitrogen and oxygen atoms in total. The van der Waals surface area contributed by atoms with Gasteiger partial charge in [0, 0.05) is 7.05 Å². The van der Waals surface area contributed by atoms with Crippen LogP contribution < -0.4 is 16.4 Å². The number of carbonyl (C=O) groups excluding carboxylic acids is 1. The molecule has 0 fully saturated rings. The van der Waals surface area contributed by atoms with Gasteiger partial charge in [-0.25, -0.2) is 9.87 Å². The smallest absolute Gasteiger partial charge is 0.282 e. The number of halogens is 1. The van der Waals surface area contributed by atoms with E-state index in [1.165, 1.54) is 23.7 Å². The maximum absolute atomic E-state index is 14.5. The van der Waals surface area contributed by atoms with Crippen molar-refractivity contribution in [2.75, 3.05) is 32.6 Å². The average Bonchev–Trinajstić information content (AvgIpc) is 3.10. The molecule has 10 heteroatoms. The quantitative estimate of drug-likeness (QED) is 0.369. The van der Waals surface area contributed by atoms with E-state index in [9.17, 15) is 14.0 Å². The molecule has 0 unspecified atom stereocenters. The second-order valence-corrected chi connectivity index (χ2v) is 7.39. The summed E-state index contributed by atoms with van der Waals surface area (Å²) in [5.74, 6) is -0.727. The number of furan rings is 1. The molecule has 0 radical (unpaired) electrons. The van der Waals surface area contributed by atoms with E-state index in [1.54, 1.807) is 19.1 Å². The Hall–Kier alpha value is -3.21. The van der Waals surface area contributed by atoms with Crippen molar-refractivity contribution in [2.45, 2.75) is 13.5 Å². The number of fused-ring (bicyclic) bond motifs is 1. The molecule has 3 N–H and O–H groups in total. The Morgan fingerprint density at radius 1 is 1.32 bits per heavy atom. The number of aromatic nitrogens is 1. The summed E-state index contributed by atoms with van der Waals surface area (Å²) in [5.41, 5.74) is 2.65. The number of nitrogens with zero attached hydrogens (tertiary/aromatic N) is 2. The van der Waals surface area contributed by atoms with Gasteiger partial charge in [0.25, 0.3) is 11.5 Å². The van der Waals surface area contributed by atoms with E-state index in [1.807, 2.05) is 19.0 Å². The van der Waals surface area contributed by atoms with Crippen molar-refractivity contribution in [1.82, 2.24) is 14.9 Å². The van der Waals surface area contributed by atoms with Crippen LogP contribution in [0.25, 0.3) is 11.0 Å². The maximum atomic E-state index is 14.5. The van der Waals surface area contributed by atoms with E-state index in [0.29, 0.717) is 12.3 Å². The number of hydroxylamine groups is 1. The first-order valence-corrected chi connectivity index (χ1v) is 9.59. The normalized spacial score (nSPS) is 11.3. The van der Waals surface area contributed by atoms with Gasteiger partial charge in [-0.2, -0.15) is 0 Å². The molecule has 0 aliphatic rings. The number of hydrogen-bond acceptors (Lipinski definition) is 7. The third-order valence-corrected chi connectivity index (χ3v) is 4.55. The van der Waals surface area contributed by atoms with Gasteiger partial charge < -0.3 is 19.7 Å². The van der Waals surface area contributed by atoms with Gasteiger partial charge in [-0.15, -0.1) is 0 Å². The molecule has 3 aromatic rings. The molecule has 3 rings (SSSR count). The molecule has 0 spiro atoms. The summed E-state index contributed by atoms with van der Waals surface area (Å²) in [4.78, 5) is 32.7. The molecule has 0 saturated heterocycles. The first-order valence-electron chi connectivity index (χ1n) is 9.59. The van der Waals surface area contributed by atoms with Crippen LogP contribution in [0.3, 0.4) is 0 Å². The van der Waals surface area contributed by atoms with Crippen molar-refractivity contribution in [2.24, 2.45) is 7.05 Å². The van der Waals surface area contributed by atoms with Gasteiger partial charge in [0.2, 0.25) is 0 Å². The van der Waals surface area contributed by atoms with E-state index >= 15 is 0 Å². The van der Waals surface area contributed by atoms with E-state index in [4.69, 9.17) is 14.4 Å². The molecule has 0 atom stereocenters. The molecule has 2 aromatic heterocycles. The average molecular weight is 432 g/mol. The van der Waals surface area contributed by atoms with Gasteiger partial charge in [0.1, 0.15) is 23.0 Å². The molecular weight excluding hydrogens is 407 g/mol. The Kier molecular flexibility index (Phi) is 6.74. The number of benzene rings is 1. The lowest BCUT2D eigenvalue weighted by Gasteiger charge is -2.17. The monoisotopic (exact) mass is 432 g/mol. The SMILES string of the molecule is Cc1ccc(Nc2c(C(=O)NOCCO)c3oc(CN(C)C)cc3c(=O)n2C)c(F)c1. The van der Waals surface area contributed by atoms with Crippen LogP contribution in [-0.2, 0) is 18.4 Å². The summed E-state index contributed by atoms with van der Waals surface area (Å²) in [7, 11) is 5.16. The topological polar surface area (TPSA) is 109 Å². The summed E-state index contributed by atoms with van der Waals surface area (Å²) in [6, 6.07) is 6.14. The lowest BCUT2D eigenvalue weighted by Crippen LogP contribution is -2.29. The van der Waals surface area contributed by atoms with Crippen molar-refractivity contribution in [3.8, 4) is 0 Å². The maximum Gasteiger partial charge on any atom is 0.282 e. The first-order chi connectivity index (χ1) is 14.7. The van der Waals surface area contributed by atoms with Crippen molar-refractivity contribution in [3.05, 3.63) is 57.3 Å². The van der Waals surface area contributed by atoms with Crippen molar-refractivity contribution in [3.63, 3.8) is 0 Å². The zero-order valence-corrected chi connectivity index (χ0v) is 17.8. The Bertz CT molecular complexity index is 1170. The Labute approximate surface area is 178 Å². The molecule has 2 heterocycles. The number of carbonyl (C=O) groups is 1. The van der Waals surface area contributed by atoms with Gasteiger partial charge in [0.05, 0.1) is 30.8 Å². The Morgan fingerprint density at radius 3 is 2.71 bits per heavy atom. The fraction of sp³-hybridized carbons (Fsp3) is 0.333. The Morgan fingerprint density at radius 2 is 2.06 bits per heavy atom. The number of anilines is 2. The number of rotatable bonds is 8. The third kappa shape index (κ3) is 4.76. The predicted molar refractivity (Wildman–Crippen MR) is 114 cm³/mol. The second kappa shape index (κ2) is 9.29. The molecule has 31 heavy (non-hydrogen) atoms. The first kappa shape index (κ1) is 22.5. The predicted octanol–water partition coefficient (Wildman–Crippen LogP) is 2.04. The number of aliphatic hydroxyl groups is 1. The van der Waals surface area contributed by atoms with Gasteiger partial charge in [-0.3, -0.25) is 19.0 Å². The fourth-order valence-electron chi connectivity index (χ4n) is 3.15. The van der Waals surface area contributed by atoms with E-state index in [0.717, 1.165) is 5.56 Å². The number of aryl methyl sites for hydroxylation is 1. The molecule has 0 bridgehead atoms. The third-order valence-electron chi connectivity index (χ3n) is 4.55. The highest BCUT2D eigenvalue weighted by molar-refractivity contribution is 6.09. The number of pyridine rings is 1. The highest BCUT2D eigenvalue weighted by Crippen LogP contribution is 2.30. The summed E-state index contributed by atoms with van der Waals surface area (Å²) >= 11 is 0. The lowest BCUT2D eigenvalue weighted by molar-refractivity contribution is 0.0169. The zero-order chi connectivity index (χ0) is 22.7. The van der Waals surface area contributed by atoms with Crippen molar-refractivity contribution < 1.29 is 23.5 Å². The van der Waals surface area contributed by atoms with Gasteiger partial charge >= 0.3 is 0 Å². The number of amides is 1. The summed E-state index contributed by atoms with van der Waals surface area (Å²) in [6.45, 7) is 1.74.